The molecule has 1 aromatic carbocycles. The van der Waals surface area contributed by atoms with E-state index < -0.39 is 0 Å². The highest BCUT2D eigenvalue weighted by atomic mass is 16.5. The third-order valence-corrected chi connectivity index (χ3v) is 4.05. The summed E-state index contributed by atoms with van der Waals surface area (Å²) in [5.74, 6) is 1.73. The molecule has 118 valence electrons. The van der Waals surface area contributed by atoms with Crippen LogP contribution in [0.4, 0.5) is 0 Å². The molecule has 0 aliphatic heterocycles. The molecule has 0 amide bonds. The zero-order valence-electron chi connectivity index (χ0n) is 13.1. The first-order valence-electron chi connectivity index (χ1n) is 7.97. The van der Waals surface area contributed by atoms with Crippen LogP contribution in [0.15, 0.2) is 24.3 Å². The minimum atomic E-state index is -0.161. The quantitative estimate of drug-likeness (QED) is 0.774. The second-order valence-corrected chi connectivity index (χ2v) is 5.75. The smallest absolute Gasteiger partial charge is 0.119 e. The van der Waals surface area contributed by atoms with Gasteiger partial charge in [-0.05, 0) is 57.0 Å². The van der Waals surface area contributed by atoms with Gasteiger partial charge in [-0.25, -0.2) is 0 Å². The van der Waals surface area contributed by atoms with Gasteiger partial charge in [0.1, 0.15) is 17.6 Å². The van der Waals surface area contributed by atoms with Crippen LogP contribution in [0.25, 0.3) is 0 Å². The van der Waals surface area contributed by atoms with Gasteiger partial charge in [0.05, 0.1) is 13.2 Å². The highest BCUT2D eigenvalue weighted by molar-refractivity contribution is 5.31. The Bertz CT molecular complexity index is 421. The largest absolute Gasteiger partial charge is 0.494 e. The maximum atomic E-state index is 9.69. The van der Waals surface area contributed by atoms with Crippen LogP contribution >= 0.6 is 0 Å². The van der Waals surface area contributed by atoms with Crippen molar-refractivity contribution in [3.05, 3.63) is 24.3 Å². The Morgan fingerprint density at radius 2 is 1.95 bits per heavy atom. The van der Waals surface area contributed by atoms with Crippen LogP contribution in [0.2, 0.25) is 0 Å². The van der Waals surface area contributed by atoms with Crippen molar-refractivity contribution in [3.8, 4) is 11.5 Å². The van der Waals surface area contributed by atoms with Gasteiger partial charge in [0.15, 0.2) is 0 Å². The van der Waals surface area contributed by atoms with Crippen LogP contribution in [-0.2, 0) is 0 Å². The molecule has 0 saturated heterocycles. The van der Waals surface area contributed by atoms with Crippen molar-refractivity contribution in [1.29, 1.82) is 0 Å². The van der Waals surface area contributed by atoms with E-state index in [1.54, 1.807) is 0 Å². The summed E-state index contributed by atoms with van der Waals surface area (Å²) in [5.41, 5.74) is -0.161. The van der Waals surface area contributed by atoms with Gasteiger partial charge < -0.3 is 19.9 Å². The topological polar surface area (TPSA) is 50.7 Å². The zero-order valence-corrected chi connectivity index (χ0v) is 13.1. The molecule has 4 heteroatoms. The summed E-state index contributed by atoms with van der Waals surface area (Å²) in [6, 6.07) is 7.76. The molecule has 2 rings (SSSR count). The van der Waals surface area contributed by atoms with Crippen molar-refractivity contribution in [2.75, 3.05) is 19.8 Å². The SMILES string of the molecule is CCCNC1(CO)CCC(Oc2ccc(OCC)cc2)C1. The molecule has 0 heterocycles. The maximum Gasteiger partial charge on any atom is 0.119 e. The summed E-state index contributed by atoms with van der Waals surface area (Å²) in [4.78, 5) is 0. The van der Waals surface area contributed by atoms with E-state index in [9.17, 15) is 5.11 Å². The minimum absolute atomic E-state index is 0.161. The normalized spacial score (nSPS) is 25.0. The molecule has 1 fully saturated rings. The van der Waals surface area contributed by atoms with Gasteiger partial charge >= 0.3 is 0 Å². The van der Waals surface area contributed by atoms with Gasteiger partial charge in [0.2, 0.25) is 0 Å². The molecule has 0 aromatic heterocycles. The predicted molar refractivity (Wildman–Crippen MR) is 84.0 cm³/mol. The number of nitrogens with one attached hydrogen (secondary N) is 1. The van der Waals surface area contributed by atoms with Gasteiger partial charge in [-0.2, -0.15) is 0 Å². The molecule has 4 nitrogen and oxygen atoms in total. The summed E-state index contributed by atoms with van der Waals surface area (Å²) in [6.45, 7) is 5.90. The number of aliphatic hydroxyl groups excluding tert-OH is 1. The Morgan fingerprint density at radius 1 is 1.24 bits per heavy atom. The first-order chi connectivity index (χ1) is 10.2. The monoisotopic (exact) mass is 293 g/mol. The van der Waals surface area contributed by atoms with Crippen molar-refractivity contribution in [2.24, 2.45) is 0 Å². The highest BCUT2D eigenvalue weighted by Gasteiger charge is 2.39. The van der Waals surface area contributed by atoms with Gasteiger partial charge in [0.25, 0.3) is 0 Å². The van der Waals surface area contributed by atoms with E-state index in [-0.39, 0.29) is 18.2 Å². The lowest BCUT2D eigenvalue weighted by molar-refractivity contribution is 0.140. The molecule has 2 unspecified atom stereocenters. The van der Waals surface area contributed by atoms with E-state index in [1.807, 2.05) is 31.2 Å². The first kappa shape index (κ1) is 16.1. The average Bonchev–Trinajstić information content (AvgIpc) is 2.91. The van der Waals surface area contributed by atoms with Crippen molar-refractivity contribution in [1.82, 2.24) is 5.32 Å². The molecule has 2 atom stereocenters. The van der Waals surface area contributed by atoms with E-state index in [2.05, 4.69) is 12.2 Å². The lowest BCUT2D eigenvalue weighted by Gasteiger charge is -2.28. The van der Waals surface area contributed by atoms with Crippen LogP contribution in [-0.4, -0.2) is 36.5 Å². The van der Waals surface area contributed by atoms with E-state index in [0.717, 1.165) is 43.7 Å². The second-order valence-electron chi connectivity index (χ2n) is 5.75. The van der Waals surface area contributed by atoms with E-state index in [0.29, 0.717) is 6.61 Å². The second kappa shape index (κ2) is 7.66. The van der Waals surface area contributed by atoms with Crippen molar-refractivity contribution >= 4 is 0 Å². The standard InChI is InChI=1S/C17H27NO3/c1-3-11-18-17(13-19)10-9-16(12-17)21-15-7-5-14(6-8-15)20-4-2/h5-8,16,18-19H,3-4,9-13H2,1-2H3. The number of aliphatic hydroxyl groups is 1. The Morgan fingerprint density at radius 3 is 2.57 bits per heavy atom. The highest BCUT2D eigenvalue weighted by Crippen LogP contribution is 2.33. The Labute approximate surface area is 127 Å². The van der Waals surface area contributed by atoms with Crippen LogP contribution < -0.4 is 14.8 Å². The zero-order chi connectivity index (χ0) is 15.1. The molecule has 0 bridgehead atoms. The fourth-order valence-corrected chi connectivity index (χ4v) is 2.90. The number of hydrogen-bond donors (Lipinski definition) is 2. The number of ether oxygens (including phenoxy) is 2. The molecule has 1 aliphatic rings. The van der Waals surface area contributed by atoms with Crippen LogP contribution in [0.1, 0.15) is 39.5 Å². The first-order valence-corrected chi connectivity index (χ1v) is 7.97. The molecule has 0 spiro atoms. The summed E-state index contributed by atoms with van der Waals surface area (Å²) in [5, 5.41) is 13.2. The Balaban J connectivity index is 1.89. The summed E-state index contributed by atoms with van der Waals surface area (Å²) >= 11 is 0. The number of hydrogen-bond acceptors (Lipinski definition) is 4. The van der Waals surface area contributed by atoms with Crippen molar-refractivity contribution in [3.63, 3.8) is 0 Å². The Hall–Kier alpha value is -1.26. The fraction of sp³-hybridized carbons (Fsp3) is 0.647. The van der Waals surface area contributed by atoms with Crippen LogP contribution in [0.3, 0.4) is 0 Å². The maximum absolute atomic E-state index is 9.69. The fourth-order valence-electron chi connectivity index (χ4n) is 2.90. The predicted octanol–water partition coefficient (Wildman–Crippen LogP) is 2.75. The number of rotatable bonds is 8. The summed E-state index contributed by atoms with van der Waals surface area (Å²) in [7, 11) is 0. The Kier molecular flexibility index (Phi) is 5.88. The molecule has 1 aromatic rings. The third-order valence-electron chi connectivity index (χ3n) is 4.05. The molecular weight excluding hydrogens is 266 g/mol. The van der Waals surface area contributed by atoms with Gasteiger partial charge in [-0.1, -0.05) is 6.92 Å². The van der Waals surface area contributed by atoms with E-state index in [4.69, 9.17) is 9.47 Å². The lowest BCUT2D eigenvalue weighted by Crippen LogP contribution is -2.47. The third kappa shape index (κ3) is 4.35. The summed E-state index contributed by atoms with van der Waals surface area (Å²) in [6.07, 6.45) is 4.04. The van der Waals surface area contributed by atoms with E-state index >= 15 is 0 Å². The summed E-state index contributed by atoms with van der Waals surface area (Å²) < 4.78 is 11.5. The van der Waals surface area contributed by atoms with Crippen LogP contribution in [0, 0.1) is 0 Å². The molecule has 2 N–H and O–H groups in total. The molecule has 21 heavy (non-hydrogen) atoms. The minimum Gasteiger partial charge on any atom is -0.494 e. The van der Waals surface area contributed by atoms with Gasteiger partial charge in [-0.15, -0.1) is 0 Å². The van der Waals surface area contributed by atoms with Crippen molar-refractivity contribution < 1.29 is 14.6 Å². The van der Waals surface area contributed by atoms with Crippen molar-refractivity contribution in [2.45, 2.75) is 51.2 Å². The van der Waals surface area contributed by atoms with Gasteiger partial charge in [0, 0.05) is 12.0 Å². The molecule has 1 saturated carbocycles. The molecule has 0 radical (unpaired) electrons. The van der Waals surface area contributed by atoms with Crippen LogP contribution in [0.5, 0.6) is 11.5 Å². The van der Waals surface area contributed by atoms with E-state index in [1.165, 1.54) is 0 Å². The van der Waals surface area contributed by atoms with Gasteiger partial charge in [-0.3, -0.25) is 0 Å². The lowest BCUT2D eigenvalue weighted by atomic mass is 9.98. The molecular formula is C17H27NO3. The average molecular weight is 293 g/mol. The molecule has 1 aliphatic carbocycles. The number of benzene rings is 1.